The molecule has 1 unspecified atom stereocenters. The summed E-state index contributed by atoms with van der Waals surface area (Å²) in [7, 11) is 0. The molecule has 1 N–H and O–H groups in total. The second-order valence-electron chi connectivity index (χ2n) is 9.35. The molecule has 4 nitrogen and oxygen atoms in total. The molecule has 1 saturated heterocycles. The number of hydrogen-bond donors (Lipinski definition) is 1. The Bertz CT molecular complexity index is 725. The van der Waals surface area contributed by atoms with Crippen LogP contribution < -0.4 is 5.32 Å². The van der Waals surface area contributed by atoms with Crippen LogP contribution in [0, 0.1) is 26.7 Å². The van der Waals surface area contributed by atoms with Crippen molar-refractivity contribution in [3.8, 4) is 0 Å². The topological polar surface area (TPSA) is 49.4 Å². The summed E-state index contributed by atoms with van der Waals surface area (Å²) >= 11 is 2.26. The lowest BCUT2D eigenvalue weighted by molar-refractivity contribution is -0.160. The molecule has 5 aliphatic rings. The lowest BCUT2D eigenvalue weighted by Crippen LogP contribution is -2.56. The van der Waals surface area contributed by atoms with E-state index in [0.29, 0.717) is 5.91 Å². The van der Waals surface area contributed by atoms with E-state index < -0.39 is 0 Å². The number of nitrogens with one attached hydrogen (secondary N) is 1. The van der Waals surface area contributed by atoms with Crippen molar-refractivity contribution < 1.29 is 9.59 Å². The third-order valence-corrected chi connectivity index (χ3v) is 8.14. The minimum atomic E-state index is -0.301. The molecule has 5 heteroatoms. The molecule has 4 aliphatic carbocycles. The summed E-state index contributed by atoms with van der Waals surface area (Å²) < 4.78 is 1.14. The Morgan fingerprint density at radius 1 is 1.00 bits per heavy atom. The number of benzene rings is 1. The number of rotatable bonds is 3. The molecule has 1 atom stereocenters. The highest BCUT2D eigenvalue weighted by atomic mass is 127. The van der Waals surface area contributed by atoms with Gasteiger partial charge in [0.1, 0.15) is 6.04 Å². The fourth-order valence-electron chi connectivity index (χ4n) is 6.72. The number of anilines is 1. The van der Waals surface area contributed by atoms with Crippen molar-refractivity contribution in [3.63, 3.8) is 0 Å². The van der Waals surface area contributed by atoms with Crippen molar-refractivity contribution in [1.29, 1.82) is 0 Å². The van der Waals surface area contributed by atoms with Crippen molar-refractivity contribution in [3.05, 3.63) is 27.8 Å². The molecule has 1 aromatic rings. The van der Waals surface area contributed by atoms with Gasteiger partial charge in [0.15, 0.2) is 0 Å². The van der Waals surface area contributed by atoms with Crippen LogP contribution in [0.4, 0.5) is 5.69 Å². The number of nitrogens with zero attached hydrogens (tertiary/aromatic N) is 1. The molecule has 4 saturated carbocycles. The van der Waals surface area contributed by atoms with Crippen molar-refractivity contribution >= 4 is 40.1 Å². The van der Waals surface area contributed by atoms with Gasteiger partial charge in [-0.3, -0.25) is 9.59 Å². The van der Waals surface area contributed by atoms with E-state index in [1.807, 2.05) is 29.2 Å². The summed E-state index contributed by atoms with van der Waals surface area (Å²) in [6.45, 7) is 0.741. The second kappa shape index (κ2) is 6.75. The average molecular weight is 478 g/mol. The van der Waals surface area contributed by atoms with E-state index in [1.54, 1.807) is 0 Å². The van der Waals surface area contributed by atoms with E-state index >= 15 is 0 Å². The van der Waals surface area contributed by atoms with Crippen LogP contribution in [0.5, 0.6) is 0 Å². The monoisotopic (exact) mass is 478 g/mol. The lowest BCUT2D eigenvalue weighted by atomic mass is 9.49. The minimum absolute atomic E-state index is 0.0215. The molecule has 2 amide bonds. The predicted molar refractivity (Wildman–Crippen MR) is 113 cm³/mol. The standard InChI is InChI=1S/C22H27IN2O2/c23-17-3-5-18(6-4-17)24-20(26)19-2-1-7-25(19)21(27)22-11-14-8-15(12-22)10-16(9-14)13-22/h3-6,14-16,19H,1-2,7-13H2,(H,24,26). The van der Waals surface area contributed by atoms with E-state index in [-0.39, 0.29) is 17.4 Å². The summed E-state index contributed by atoms with van der Waals surface area (Å²) in [5.41, 5.74) is 0.662. The van der Waals surface area contributed by atoms with Crippen molar-refractivity contribution in [2.45, 2.75) is 57.4 Å². The van der Waals surface area contributed by atoms with E-state index in [4.69, 9.17) is 0 Å². The normalized spacial score (nSPS) is 36.9. The zero-order chi connectivity index (χ0) is 18.6. The van der Waals surface area contributed by atoms with Crippen LogP contribution in [0.1, 0.15) is 51.4 Å². The fourth-order valence-corrected chi connectivity index (χ4v) is 7.08. The van der Waals surface area contributed by atoms with Gasteiger partial charge >= 0.3 is 0 Å². The first-order valence-electron chi connectivity index (χ1n) is 10.4. The van der Waals surface area contributed by atoms with E-state index in [0.717, 1.165) is 65.7 Å². The quantitative estimate of drug-likeness (QED) is 0.654. The average Bonchev–Trinajstić information content (AvgIpc) is 3.11. The highest BCUT2D eigenvalue weighted by molar-refractivity contribution is 14.1. The Labute approximate surface area is 174 Å². The van der Waals surface area contributed by atoms with Crippen LogP contribution in [0.3, 0.4) is 0 Å². The molecule has 0 radical (unpaired) electrons. The molecular formula is C22H27IN2O2. The van der Waals surface area contributed by atoms with Gasteiger partial charge in [0.25, 0.3) is 0 Å². The van der Waals surface area contributed by atoms with E-state index in [1.165, 1.54) is 19.3 Å². The first-order valence-corrected chi connectivity index (χ1v) is 11.5. The Morgan fingerprint density at radius 3 is 2.19 bits per heavy atom. The van der Waals surface area contributed by atoms with Crippen molar-refractivity contribution in [1.82, 2.24) is 4.90 Å². The summed E-state index contributed by atoms with van der Waals surface area (Å²) in [6.07, 6.45) is 8.94. The molecule has 27 heavy (non-hydrogen) atoms. The van der Waals surface area contributed by atoms with Crippen LogP contribution in [0.25, 0.3) is 0 Å². The van der Waals surface area contributed by atoms with Gasteiger partial charge in [-0.25, -0.2) is 0 Å². The number of carbonyl (C=O) groups excluding carboxylic acids is 2. The van der Waals surface area contributed by atoms with Gasteiger partial charge in [0, 0.05) is 15.8 Å². The number of hydrogen-bond acceptors (Lipinski definition) is 2. The Hall–Kier alpha value is -1.11. The molecule has 6 rings (SSSR count). The molecule has 4 bridgehead atoms. The molecule has 144 valence electrons. The van der Waals surface area contributed by atoms with E-state index in [2.05, 4.69) is 27.9 Å². The summed E-state index contributed by atoms with van der Waals surface area (Å²) in [5.74, 6) is 2.53. The summed E-state index contributed by atoms with van der Waals surface area (Å²) in [5, 5.41) is 3.03. The SMILES string of the molecule is O=C(Nc1ccc(I)cc1)C1CCCN1C(=O)C12CC3CC(CC(C3)C1)C2. The molecular weight excluding hydrogens is 451 g/mol. The van der Waals surface area contributed by atoms with Gasteiger partial charge in [-0.05, 0) is 116 Å². The zero-order valence-corrected chi connectivity index (χ0v) is 17.8. The van der Waals surface area contributed by atoms with Gasteiger partial charge < -0.3 is 10.2 Å². The van der Waals surface area contributed by atoms with E-state index in [9.17, 15) is 9.59 Å². The van der Waals surface area contributed by atoms with Crippen molar-refractivity contribution in [2.75, 3.05) is 11.9 Å². The predicted octanol–water partition coefficient (Wildman–Crippen LogP) is 4.44. The Morgan fingerprint density at radius 2 is 1.59 bits per heavy atom. The number of carbonyl (C=O) groups is 2. The molecule has 1 aliphatic heterocycles. The summed E-state index contributed by atoms with van der Waals surface area (Å²) in [6, 6.07) is 7.54. The van der Waals surface area contributed by atoms with Crippen molar-refractivity contribution in [2.24, 2.45) is 23.2 Å². The zero-order valence-electron chi connectivity index (χ0n) is 15.6. The van der Waals surface area contributed by atoms with Gasteiger partial charge in [-0.15, -0.1) is 0 Å². The van der Waals surface area contributed by atoms with Gasteiger partial charge in [-0.2, -0.15) is 0 Å². The number of amides is 2. The molecule has 5 fully saturated rings. The largest absolute Gasteiger partial charge is 0.330 e. The minimum Gasteiger partial charge on any atom is -0.330 e. The number of likely N-dealkylation sites (tertiary alicyclic amines) is 1. The Balaban J connectivity index is 1.32. The maximum atomic E-state index is 13.7. The van der Waals surface area contributed by atoms with Crippen LogP contribution >= 0.6 is 22.6 Å². The van der Waals surface area contributed by atoms with Crippen LogP contribution in [0.2, 0.25) is 0 Å². The maximum Gasteiger partial charge on any atom is 0.247 e. The van der Waals surface area contributed by atoms with Crippen LogP contribution in [-0.4, -0.2) is 29.3 Å². The maximum absolute atomic E-state index is 13.7. The third-order valence-electron chi connectivity index (χ3n) is 7.42. The molecule has 0 spiro atoms. The molecule has 1 aromatic carbocycles. The van der Waals surface area contributed by atoms with Crippen LogP contribution in [0.15, 0.2) is 24.3 Å². The molecule has 1 heterocycles. The van der Waals surface area contributed by atoms with Gasteiger partial charge in [-0.1, -0.05) is 0 Å². The van der Waals surface area contributed by atoms with Gasteiger partial charge in [0.05, 0.1) is 5.41 Å². The molecule has 0 aromatic heterocycles. The fraction of sp³-hybridized carbons (Fsp3) is 0.636. The third kappa shape index (κ3) is 3.19. The van der Waals surface area contributed by atoms with Crippen LogP contribution in [-0.2, 0) is 9.59 Å². The first kappa shape index (κ1) is 18.0. The van der Waals surface area contributed by atoms with Gasteiger partial charge in [0.2, 0.25) is 11.8 Å². The second-order valence-corrected chi connectivity index (χ2v) is 10.6. The first-order chi connectivity index (χ1) is 13.0. The Kier molecular flexibility index (Phi) is 4.49. The number of halogens is 1. The smallest absolute Gasteiger partial charge is 0.247 e. The highest BCUT2D eigenvalue weighted by Gasteiger charge is 2.56. The summed E-state index contributed by atoms with van der Waals surface area (Å²) in [4.78, 5) is 28.5. The lowest BCUT2D eigenvalue weighted by Gasteiger charge is -2.56. The highest BCUT2D eigenvalue weighted by Crippen LogP contribution is 2.60.